The summed E-state index contributed by atoms with van der Waals surface area (Å²) in [6.07, 6.45) is 7.05. The molecule has 0 heterocycles. The Morgan fingerprint density at radius 1 is 1.00 bits per heavy atom. The minimum atomic E-state index is 0. The Bertz CT molecular complexity index is 46.3. The quantitative estimate of drug-likeness (QED) is 0.409. The maximum Gasteiger partial charge on any atom is 0 e. The van der Waals surface area contributed by atoms with Crippen LogP contribution in [0.4, 0.5) is 0 Å². The van der Waals surface area contributed by atoms with Crippen molar-refractivity contribution < 1.29 is 21.1 Å². The summed E-state index contributed by atoms with van der Waals surface area (Å²) in [5.74, 6) is 0.786. The molecular weight excluding hydrogens is 180 g/mol. The molecule has 1 fully saturated rings. The monoisotopic (exact) mass is 195 g/mol. The summed E-state index contributed by atoms with van der Waals surface area (Å²) in [6.45, 7) is 4.00. The van der Waals surface area contributed by atoms with Gasteiger partial charge >= 0.3 is 0 Å². The van der Waals surface area contributed by atoms with Crippen LogP contribution in [0.3, 0.4) is 0 Å². The molecule has 0 radical (unpaired) electrons. The van der Waals surface area contributed by atoms with Gasteiger partial charge in [-0.15, -0.1) is 0 Å². The van der Waals surface area contributed by atoms with Gasteiger partial charge in [-0.25, -0.2) is 0 Å². The van der Waals surface area contributed by atoms with Gasteiger partial charge in [0.1, 0.15) is 0 Å². The summed E-state index contributed by atoms with van der Waals surface area (Å²) < 4.78 is 0. The molecule has 0 aromatic rings. The third-order valence-corrected chi connectivity index (χ3v) is 1.72. The van der Waals surface area contributed by atoms with Crippen LogP contribution in [-0.4, -0.2) is 0 Å². The van der Waals surface area contributed by atoms with E-state index >= 15 is 0 Å². The van der Waals surface area contributed by atoms with Gasteiger partial charge < -0.3 is 6.92 Å². The average molecular weight is 193 g/mol. The Morgan fingerprint density at radius 3 is 1.75 bits per heavy atom. The largest absolute Gasteiger partial charge is 0.340 e. The molecule has 1 aliphatic carbocycles. The summed E-state index contributed by atoms with van der Waals surface area (Å²) in [7, 11) is 0. The van der Waals surface area contributed by atoms with Gasteiger partial charge in [0.05, 0.1) is 0 Å². The standard InChI is InChI=1S/C7H13.Mo/c1-7-5-3-2-4-6-7;/h7H,1-6H2;/q-1;. The molecule has 0 aromatic carbocycles. The van der Waals surface area contributed by atoms with Crippen LogP contribution in [0.2, 0.25) is 0 Å². The Balaban J connectivity index is 0.000000490. The first-order valence-electron chi connectivity index (χ1n) is 3.22. The van der Waals surface area contributed by atoms with E-state index in [0.29, 0.717) is 0 Å². The van der Waals surface area contributed by atoms with Crippen LogP contribution >= 0.6 is 0 Å². The molecule has 1 aliphatic rings. The Labute approximate surface area is 66.3 Å². The van der Waals surface area contributed by atoms with Gasteiger partial charge in [-0.1, -0.05) is 32.1 Å². The van der Waals surface area contributed by atoms with Gasteiger partial charge in [0.25, 0.3) is 0 Å². The van der Waals surface area contributed by atoms with Crippen molar-refractivity contribution in [1.29, 1.82) is 0 Å². The molecule has 0 N–H and O–H groups in total. The zero-order valence-corrected chi connectivity index (χ0v) is 7.24. The molecule has 0 bridgehead atoms. The SMILES string of the molecule is [CH2-]C1CCCCC1.[Mo]. The van der Waals surface area contributed by atoms with E-state index in [1.807, 2.05) is 0 Å². The first kappa shape index (κ1) is 8.69. The second kappa shape index (κ2) is 4.56. The molecule has 8 heavy (non-hydrogen) atoms. The van der Waals surface area contributed by atoms with Gasteiger partial charge in [-0.3, -0.25) is 0 Å². The van der Waals surface area contributed by atoms with Gasteiger partial charge in [0.15, 0.2) is 0 Å². The predicted octanol–water partition coefficient (Wildman–Crippen LogP) is 2.40. The fourth-order valence-corrected chi connectivity index (χ4v) is 1.19. The van der Waals surface area contributed by atoms with E-state index in [9.17, 15) is 0 Å². The third kappa shape index (κ3) is 2.87. The maximum absolute atomic E-state index is 4.00. The summed E-state index contributed by atoms with van der Waals surface area (Å²) in [5, 5.41) is 0. The first-order chi connectivity index (χ1) is 3.39. The van der Waals surface area contributed by atoms with Crippen molar-refractivity contribution in [3.05, 3.63) is 6.92 Å². The molecule has 0 aliphatic heterocycles. The molecular formula is C7H13Mo-. The van der Waals surface area contributed by atoms with Crippen molar-refractivity contribution >= 4 is 0 Å². The molecule has 1 rings (SSSR count). The molecule has 48 valence electrons. The van der Waals surface area contributed by atoms with Gasteiger partial charge in [-0.2, -0.15) is 5.92 Å². The van der Waals surface area contributed by atoms with Crippen LogP contribution in [0, 0.1) is 12.8 Å². The Morgan fingerprint density at radius 2 is 1.50 bits per heavy atom. The van der Waals surface area contributed by atoms with E-state index in [0.717, 1.165) is 5.92 Å². The Kier molecular flexibility index (Phi) is 4.95. The first-order valence-corrected chi connectivity index (χ1v) is 3.22. The predicted molar refractivity (Wildman–Crippen MR) is 31.9 cm³/mol. The van der Waals surface area contributed by atoms with Crippen LogP contribution < -0.4 is 0 Å². The topological polar surface area (TPSA) is 0 Å². The minimum absolute atomic E-state index is 0. The van der Waals surface area contributed by atoms with Crippen LogP contribution in [0.25, 0.3) is 0 Å². The van der Waals surface area contributed by atoms with E-state index in [1.165, 1.54) is 32.1 Å². The van der Waals surface area contributed by atoms with Crippen LogP contribution in [0.1, 0.15) is 32.1 Å². The zero-order valence-electron chi connectivity index (χ0n) is 5.23. The molecule has 0 aromatic heterocycles. The van der Waals surface area contributed by atoms with Crippen LogP contribution in [-0.2, 0) is 21.1 Å². The molecule has 1 saturated carbocycles. The normalized spacial score (nSPS) is 22.1. The number of hydrogen-bond donors (Lipinski definition) is 0. The molecule has 0 nitrogen and oxygen atoms in total. The van der Waals surface area contributed by atoms with E-state index in [1.54, 1.807) is 0 Å². The summed E-state index contributed by atoms with van der Waals surface area (Å²) in [6, 6.07) is 0. The van der Waals surface area contributed by atoms with Crippen molar-refractivity contribution in [3.63, 3.8) is 0 Å². The number of hydrogen-bond acceptors (Lipinski definition) is 0. The summed E-state index contributed by atoms with van der Waals surface area (Å²) in [5.41, 5.74) is 0. The van der Waals surface area contributed by atoms with E-state index in [2.05, 4.69) is 6.92 Å². The fourth-order valence-electron chi connectivity index (χ4n) is 1.19. The van der Waals surface area contributed by atoms with Crippen LogP contribution in [0.5, 0.6) is 0 Å². The fraction of sp³-hybridized carbons (Fsp3) is 0.857. The van der Waals surface area contributed by atoms with Gasteiger partial charge in [0.2, 0.25) is 0 Å². The van der Waals surface area contributed by atoms with E-state index in [4.69, 9.17) is 0 Å². The summed E-state index contributed by atoms with van der Waals surface area (Å²) >= 11 is 0. The minimum Gasteiger partial charge on any atom is -0.340 e. The number of rotatable bonds is 0. The average Bonchev–Trinajstić information content (AvgIpc) is 1.69. The molecule has 0 atom stereocenters. The molecule has 1 heteroatoms. The third-order valence-electron chi connectivity index (χ3n) is 1.72. The van der Waals surface area contributed by atoms with Crippen molar-refractivity contribution in [2.24, 2.45) is 5.92 Å². The second-order valence-corrected chi connectivity index (χ2v) is 2.50. The Hall–Kier alpha value is 0.688. The van der Waals surface area contributed by atoms with Crippen LogP contribution in [0.15, 0.2) is 0 Å². The van der Waals surface area contributed by atoms with Crippen molar-refractivity contribution in [3.8, 4) is 0 Å². The summed E-state index contributed by atoms with van der Waals surface area (Å²) in [4.78, 5) is 0. The smallest absolute Gasteiger partial charge is 0 e. The second-order valence-electron chi connectivity index (χ2n) is 2.50. The molecule has 0 saturated heterocycles. The van der Waals surface area contributed by atoms with Crippen molar-refractivity contribution in [2.45, 2.75) is 32.1 Å². The molecule has 0 unspecified atom stereocenters. The zero-order chi connectivity index (χ0) is 5.11. The van der Waals surface area contributed by atoms with E-state index in [-0.39, 0.29) is 21.1 Å². The van der Waals surface area contributed by atoms with Gasteiger partial charge in [0, 0.05) is 21.1 Å². The maximum atomic E-state index is 4.00. The van der Waals surface area contributed by atoms with Gasteiger partial charge in [-0.05, 0) is 0 Å². The van der Waals surface area contributed by atoms with E-state index < -0.39 is 0 Å². The molecule has 0 spiro atoms. The molecule has 0 amide bonds. The van der Waals surface area contributed by atoms with Crippen molar-refractivity contribution in [2.75, 3.05) is 0 Å². The van der Waals surface area contributed by atoms with Crippen molar-refractivity contribution in [1.82, 2.24) is 0 Å².